The Labute approximate surface area is 869 Å². The number of benzene rings is 6. The maximum absolute atomic E-state index is 12.6. The third-order valence-corrected chi connectivity index (χ3v) is 50.3. The minimum absolute atomic E-state index is 0.0504. The van der Waals surface area contributed by atoms with Gasteiger partial charge in [-0.2, -0.15) is 0 Å². The highest BCUT2D eigenvalue weighted by Crippen LogP contribution is 2.77. The van der Waals surface area contributed by atoms with Gasteiger partial charge in [-0.3, -0.25) is 9.59 Å². The molecule has 0 radical (unpaired) electrons. The van der Waals surface area contributed by atoms with Crippen molar-refractivity contribution in [3.05, 3.63) is 173 Å². The highest BCUT2D eigenvalue weighted by molar-refractivity contribution is 5.86. The Morgan fingerprint density at radius 2 is 0.361 bits per heavy atom. The van der Waals surface area contributed by atoms with E-state index in [2.05, 4.69) is 244 Å². The van der Waals surface area contributed by atoms with Crippen LogP contribution in [0.1, 0.15) is 420 Å². The lowest BCUT2D eigenvalue weighted by molar-refractivity contribution is -0.152. The summed E-state index contributed by atoms with van der Waals surface area (Å²) in [7, 11) is 0. The normalized spacial score (nSPS) is 42.0. The number of carbonyl (C=O) groups excluding carboxylic acids is 2. The number of fused-ring (bicyclic) bond motifs is 30. The van der Waals surface area contributed by atoms with Crippen molar-refractivity contribution in [3.63, 3.8) is 0 Å². The fourth-order valence-electron chi connectivity index (χ4n) is 42.9. The number of aromatic hydroxyl groups is 6. The minimum Gasteiger partial charge on any atom is -0.508 e. The molecule has 12 nitrogen and oxygen atoms in total. The fraction of sp³-hybridized carbons (Fsp3) is 0.712. The van der Waals surface area contributed by atoms with Gasteiger partial charge in [-0.25, -0.2) is 0 Å². The Balaban J connectivity index is 0.000000109. The van der Waals surface area contributed by atoms with Crippen molar-refractivity contribution < 1.29 is 40.2 Å². The summed E-state index contributed by atoms with van der Waals surface area (Å²) < 4.78 is 0. The lowest BCUT2D eigenvalue weighted by Gasteiger charge is -2.62. The van der Waals surface area contributed by atoms with E-state index >= 15 is 0 Å². The van der Waals surface area contributed by atoms with Gasteiger partial charge in [0.25, 0.3) is 0 Å². The Bertz CT molecular complexity index is 5520. The number of carbonyl (C=O) groups is 2. The van der Waals surface area contributed by atoms with Crippen LogP contribution >= 0.6 is 0 Å². The van der Waals surface area contributed by atoms with Gasteiger partial charge in [-0.05, 0) is 450 Å². The van der Waals surface area contributed by atoms with Gasteiger partial charge in [0.15, 0.2) is 0 Å². The zero-order chi connectivity index (χ0) is 105. The molecule has 12 fully saturated rings. The molecule has 0 saturated heterocycles. The van der Waals surface area contributed by atoms with Crippen LogP contribution in [0.4, 0.5) is 0 Å². The van der Waals surface area contributed by atoms with Gasteiger partial charge in [0.2, 0.25) is 0 Å². The lowest BCUT2D eigenvalue weighted by Crippen LogP contribution is -2.60. The summed E-state index contributed by atoms with van der Waals surface area (Å²) in [5, 5.41) is 64.3. The van der Waals surface area contributed by atoms with Gasteiger partial charge in [0, 0.05) is 114 Å². The predicted octanol–water partition coefficient (Wildman–Crippen LogP) is 28.6. The highest BCUT2D eigenvalue weighted by atomic mass is 16.3. The number of phenols is 6. The van der Waals surface area contributed by atoms with Gasteiger partial charge in [0.05, 0.1) is 0 Å². The molecule has 788 valence electrons. The van der Waals surface area contributed by atoms with Gasteiger partial charge in [0.1, 0.15) is 46.1 Å². The van der Waals surface area contributed by atoms with Crippen molar-refractivity contribution in [2.75, 3.05) is 0 Å². The van der Waals surface area contributed by atoms with Crippen LogP contribution in [-0.2, 0) is 80.6 Å². The predicted molar refractivity (Wildman–Crippen MR) is 589 cm³/mol. The number of phenolic OH excluding ortho intramolecular Hbond substituents is 6. The summed E-state index contributed by atoms with van der Waals surface area (Å²) in [6, 6.07) is 26.8. The first-order valence-electron chi connectivity index (χ1n) is 57.7. The molecule has 12 heteroatoms. The van der Waals surface area contributed by atoms with E-state index in [0.717, 1.165) is 114 Å². The van der Waals surface area contributed by atoms with E-state index in [1.807, 2.05) is 36.4 Å². The first kappa shape index (κ1) is 106. The average Bonchev–Trinajstić information content (AvgIpc) is 1.37. The van der Waals surface area contributed by atoms with Crippen molar-refractivity contribution >= 4 is 11.6 Å². The second-order valence-electron chi connectivity index (χ2n) is 59.7. The van der Waals surface area contributed by atoms with Crippen molar-refractivity contribution in [1.29, 1.82) is 0 Å². The first-order chi connectivity index (χ1) is 66.6. The van der Waals surface area contributed by atoms with E-state index in [0.29, 0.717) is 176 Å². The number of ketones is 2. The Kier molecular flexibility index (Phi) is 25.3. The molecule has 144 heavy (non-hydrogen) atoms. The van der Waals surface area contributed by atoms with Crippen LogP contribution < -0.4 is 22.9 Å². The molecular weight excluding hydrogens is 1770 g/mol. The Hall–Kier alpha value is -6.70. The van der Waals surface area contributed by atoms with Gasteiger partial charge >= 0.3 is 0 Å². The Morgan fingerprint density at radius 1 is 0.208 bits per heavy atom. The van der Waals surface area contributed by atoms with Crippen LogP contribution in [0.2, 0.25) is 0 Å². The number of nitrogens with two attached hydrogens (primary N) is 4. The number of aryl methyl sites for hydroxylation is 6. The SMILES string of the molecule is Cc1cc(O)c2c(c1)C[C@@H]1[C@@]3(C)CCC(=O)C(C)(C)[C@@H]3CC[C@@]21C.Cc1cc(O)c2c(c1)C[C@@H]1[C@@]3(C)CC[C@@H](N)C(C)(C)[C@@H]3CC[C@@]21C.Cc1cc(O)c2c(c1)C[C@@H]1[C@@]3(C)CC[C@H](N)C(C)(C)[C@@H]3CC[C@@]21C.Cc1cc(O)c2c(c1)C[C@H]1[C@]3(C)CCC(=O)C(C)(C)[C@H]3CC[C@]21C.Cc1cc(O)c2c(c1)C[C@H]1[C@]3(C)CC[C@@H](N)C(C)(C)[C@H]3CC[C@]21C.Cc1cc(O)c2c(c1)C[C@H]1[C@]3(C)CC[C@H](N)C(C)(C)[C@H]3CC[C@]21C. The molecule has 0 heterocycles. The van der Waals surface area contributed by atoms with Crippen LogP contribution in [0.15, 0.2) is 72.8 Å². The minimum atomic E-state index is -0.207. The summed E-state index contributed by atoms with van der Waals surface area (Å²) >= 11 is 0. The summed E-state index contributed by atoms with van der Waals surface area (Å²) in [6.07, 6.45) is 33.5. The molecule has 18 aliphatic rings. The summed E-state index contributed by atoms with van der Waals surface area (Å²) in [6.45, 7) is 69.7. The van der Waals surface area contributed by atoms with E-state index < -0.39 is 0 Å². The maximum atomic E-state index is 12.6. The van der Waals surface area contributed by atoms with Gasteiger partial charge in [-0.15, -0.1) is 0 Å². The molecule has 28 atom stereocenters. The molecule has 0 amide bonds. The molecule has 12 saturated carbocycles. The van der Waals surface area contributed by atoms with Crippen LogP contribution in [-0.4, -0.2) is 66.4 Å². The average molecular weight is 1960 g/mol. The number of Topliss-reactive ketones (excluding diaryl/α,β-unsaturated/α-hetero) is 2. The second kappa shape index (κ2) is 34.4. The van der Waals surface area contributed by atoms with Crippen molar-refractivity contribution in [2.45, 2.75) is 457 Å². The molecule has 6 aromatic carbocycles. The quantitative estimate of drug-likeness (QED) is 0.0681. The zero-order valence-corrected chi connectivity index (χ0v) is 95.2. The van der Waals surface area contributed by atoms with Crippen molar-refractivity contribution in [2.24, 2.45) is 159 Å². The summed E-state index contributed by atoms with van der Waals surface area (Å²) in [4.78, 5) is 25.1. The highest BCUT2D eigenvalue weighted by Gasteiger charge is 2.71. The topological polar surface area (TPSA) is 260 Å². The van der Waals surface area contributed by atoms with Crippen LogP contribution in [0.3, 0.4) is 0 Å². The third kappa shape index (κ3) is 15.2. The maximum Gasteiger partial charge on any atom is 0.138 e. The number of hydrogen-bond donors (Lipinski definition) is 10. The van der Waals surface area contributed by atoms with E-state index in [1.54, 1.807) is 0 Å². The molecule has 6 aromatic rings. The van der Waals surface area contributed by atoms with Gasteiger partial charge < -0.3 is 53.6 Å². The first-order valence-corrected chi connectivity index (χ1v) is 57.7. The zero-order valence-electron chi connectivity index (χ0n) is 95.2. The van der Waals surface area contributed by atoms with Crippen molar-refractivity contribution in [1.82, 2.24) is 0 Å². The van der Waals surface area contributed by atoms with E-state index in [1.165, 1.54) is 166 Å². The van der Waals surface area contributed by atoms with E-state index in [4.69, 9.17) is 22.9 Å². The van der Waals surface area contributed by atoms with Crippen LogP contribution in [0.25, 0.3) is 0 Å². The molecule has 0 aromatic heterocycles. The molecule has 24 rings (SSSR count). The van der Waals surface area contributed by atoms with Crippen LogP contribution in [0.5, 0.6) is 34.5 Å². The summed E-state index contributed by atoms with van der Waals surface area (Å²) in [5.74, 6) is 11.2. The van der Waals surface area contributed by atoms with Crippen molar-refractivity contribution in [3.8, 4) is 34.5 Å². The number of rotatable bonds is 0. The molecule has 14 N–H and O–H groups in total. The molecule has 0 aliphatic heterocycles. The molecule has 0 unspecified atom stereocenters. The van der Waals surface area contributed by atoms with Gasteiger partial charge in [-0.1, -0.05) is 203 Å². The number of hydrogen-bond acceptors (Lipinski definition) is 12. The van der Waals surface area contributed by atoms with E-state index in [-0.39, 0.29) is 75.8 Å². The lowest BCUT2D eigenvalue weighted by atomic mass is 9.43. The fourth-order valence-corrected chi connectivity index (χ4v) is 42.9. The smallest absolute Gasteiger partial charge is 0.138 e. The third-order valence-electron chi connectivity index (χ3n) is 50.3. The van der Waals surface area contributed by atoms with E-state index in [9.17, 15) is 40.2 Å². The molecule has 0 bridgehead atoms. The Morgan fingerprint density at radius 3 is 0.528 bits per heavy atom. The largest absolute Gasteiger partial charge is 0.508 e. The summed E-state index contributed by atoms with van der Waals surface area (Å²) in [5.41, 5.74) is 51.5. The molecule has 0 spiro atoms. The van der Waals surface area contributed by atoms with Crippen LogP contribution in [0, 0.1) is 178 Å². The monoisotopic (exact) mass is 1960 g/mol. The molecular formula is C132H192N4O8. The standard InChI is InChI=1S/4C22H33NO.2C22H30O2/c4*1-13-10-14-12-17-21(4)9-7-18(23)20(2,3)16(21)6-8-22(17,5)19(14)15(24)11-13;2*1-13-10-14-12-17-21(4)9-7-18(24)20(2,3)16(21)6-8-22(17,5)19(14)15(23)11-13/h4*10-11,16-18,24H,6-9,12,23H2,1-5H3;2*10-11,16-17,23H,6-9,12H2,1-5H3/t2*16-,17+,18+,21-,22+;2*16-,17+,18-,21-,22+;2*16-,17+,21-,22+/m101010/s1. The second-order valence-corrected chi connectivity index (χ2v) is 59.7. The molecule has 18 aliphatic carbocycles.